The Labute approximate surface area is 162 Å². The molecule has 3 aromatic rings. The number of carbonyl (C=O) groups is 1. The minimum Gasteiger partial charge on any atom is -0.453 e. The number of nitrogens with zero attached hydrogens (tertiary/aromatic N) is 4. The van der Waals surface area contributed by atoms with Crippen molar-refractivity contribution in [2.75, 3.05) is 50.6 Å². The Kier molecular flexibility index (Phi) is 4.98. The first-order chi connectivity index (χ1) is 13.6. The van der Waals surface area contributed by atoms with Crippen LogP contribution in [0.5, 0.6) is 11.6 Å². The van der Waals surface area contributed by atoms with Crippen LogP contribution in [0.1, 0.15) is 0 Å². The quantitative estimate of drug-likeness (QED) is 0.716. The Morgan fingerprint density at radius 3 is 2.75 bits per heavy atom. The predicted octanol–water partition coefficient (Wildman–Crippen LogP) is 2.68. The topological polar surface area (TPSA) is 95.6 Å². The van der Waals surface area contributed by atoms with Gasteiger partial charge in [0.25, 0.3) is 0 Å². The van der Waals surface area contributed by atoms with Gasteiger partial charge in [-0.15, -0.1) is 0 Å². The third kappa shape index (κ3) is 3.99. The van der Waals surface area contributed by atoms with Gasteiger partial charge in [0.1, 0.15) is 11.6 Å². The summed E-state index contributed by atoms with van der Waals surface area (Å²) < 4.78 is 10.5. The molecule has 1 saturated heterocycles. The molecule has 0 unspecified atom stereocenters. The van der Waals surface area contributed by atoms with Gasteiger partial charge in [0, 0.05) is 38.3 Å². The van der Waals surface area contributed by atoms with Crippen molar-refractivity contribution in [3.63, 3.8) is 0 Å². The molecule has 1 aromatic carbocycles. The summed E-state index contributed by atoms with van der Waals surface area (Å²) in [5.74, 6) is 2.37. The highest BCUT2D eigenvalue weighted by Crippen LogP contribution is 2.26. The highest BCUT2D eigenvalue weighted by atomic mass is 16.5. The first kappa shape index (κ1) is 18.1. The largest absolute Gasteiger partial charge is 0.453 e. The Bertz CT molecular complexity index is 981. The number of aromatic amines is 1. The lowest BCUT2D eigenvalue weighted by atomic mass is 10.3. The van der Waals surface area contributed by atoms with Crippen LogP contribution >= 0.6 is 0 Å². The van der Waals surface area contributed by atoms with Crippen molar-refractivity contribution in [3.8, 4) is 11.6 Å². The number of rotatable bonds is 4. The summed E-state index contributed by atoms with van der Waals surface area (Å²) >= 11 is 0. The molecule has 4 rings (SSSR count). The number of fused-ring (bicyclic) bond motifs is 1. The minimum atomic E-state index is -0.583. The van der Waals surface area contributed by atoms with Crippen molar-refractivity contribution in [1.29, 1.82) is 0 Å². The molecule has 0 bridgehead atoms. The van der Waals surface area contributed by atoms with Crippen LogP contribution in [0.15, 0.2) is 36.4 Å². The van der Waals surface area contributed by atoms with Crippen molar-refractivity contribution in [2.45, 2.75) is 0 Å². The number of aromatic nitrogens is 3. The second-order valence-corrected chi connectivity index (χ2v) is 6.61. The first-order valence-electron chi connectivity index (χ1n) is 9.04. The van der Waals surface area contributed by atoms with Gasteiger partial charge >= 0.3 is 6.09 Å². The lowest BCUT2D eigenvalue weighted by Gasteiger charge is -2.33. The summed E-state index contributed by atoms with van der Waals surface area (Å²) in [6, 6.07) is 11.2. The van der Waals surface area contributed by atoms with Crippen LogP contribution in [0.3, 0.4) is 0 Å². The van der Waals surface area contributed by atoms with Gasteiger partial charge in [-0.3, -0.25) is 5.32 Å². The second-order valence-electron chi connectivity index (χ2n) is 6.61. The maximum absolute atomic E-state index is 11.3. The maximum atomic E-state index is 11.3. The van der Waals surface area contributed by atoms with Crippen LogP contribution in [0, 0.1) is 0 Å². The molecule has 0 saturated carbocycles. The monoisotopic (exact) mass is 382 g/mol. The van der Waals surface area contributed by atoms with E-state index >= 15 is 0 Å². The molecule has 1 aliphatic heterocycles. The van der Waals surface area contributed by atoms with Crippen LogP contribution < -0.4 is 15.0 Å². The van der Waals surface area contributed by atoms with Gasteiger partial charge in [-0.25, -0.2) is 9.78 Å². The van der Waals surface area contributed by atoms with Crippen molar-refractivity contribution in [1.82, 2.24) is 19.9 Å². The minimum absolute atomic E-state index is 0.314. The fourth-order valence-electron chi connectivity index (χ4n) is 3.05. The Morgan fingerprint density at radius 1 is 1.14 bits per heavy atom. The lowest BCUT2D eigenvalue weighted by Crippen LogP contribution is -2.44. The number of H-pyrrole nitrogens is 1. The zero-order valence-corrected chi connectivity index (χ0v) is 15.8. The number of nitrogens with one attached hydrogen (secondary N) is 2. The number of carbonyl (C=O) groups excluding carboxylic acids is 1. The standard InChI is InChI=1S/C19H22N6O3/c1-24-8-10-25(11-9-24)16-4-3-5-17(22-16)28-13-6-7-14-15(12-13)21-18(20-14)23-19(26)27-2/h3-7,12H,8-11H2,1-2H3,(H2,20,21,23,26). The number of hydrogen-bond donors (Lipinski definition) is 2. The van der Waals surface area contributed by atoms with Crippen molar-refractivity contribution in [3.05, 3.63) is 36.4 Å². The van der Waals surface area contributed by atoms with E-state index in [0.717, 1.165) is 37.5 Å². The number of amides is 1. The zero-order chi connectivity index (χ0) is 19.5. The molecular formula is C19H22N6O3. The van der Waals surface area contributed by atoms with E-state index in [2.05, 4.69) is 41.9 Å². The van der Waals surface area contributed by atoms with Crippen LogP contribution in [-0.2, 0) is 4.74 Å². The van der Waals surface area contributed by atoms with E-state index in [1.165, 1.54) is 7.11 Å². The smallest absolute Gasteiger partial charge is 0.413 e. The number of ether oxygens (including phenoxy) is 2. The van der Waals surface area contributed by atoms with Gasteiger partial charge in [0.05, 0.1) is 18.1 Å². The molecule has 2 aromatic heterocycles. The maximum Gasteiger partial charge on any atom is 0.413 e. The number of benzene rings is 1. The third-order valence-corrected chi connectivity index (χ3v) is 4.62. The van der Waals surface area contributed by atoms with E-state index in [4.69, 9.17) is 4.74 Å². The van der Waals surface area contributed by atoms with Crippen LogP contribution in [0.25, 0.3) is 11.0 Å². The number of pyridine rings is 1. The number of piperazine rings is 1. The molecule has 0 spiro atoms. The van der Waals surface area contributed by atoms with E-state index in [1.54, 1.807) is 6.07 Å². The second kappa shape index (κ2) is 7.73. The molecule has 3 heterocycles. The molecule has 146 valence electrons. The van der Waals surface area contributed by atoms with E-state index in [0.29, 0.717) is 23.1 Å². The number of methoxy groups -OCH3 is 1. The van der Waals surface area contributed by atoms with Crippen molar-refractivity contribution < 1.29 is 14.3 Å². The fourth-order valence-corrected chi connectivity index (χ4v) is 3.05. The molecule has 0 atom stereocenters. The lowest BCUT2D eigenvalue weighted by molar-refractivity contribution is 0.186. The number of likely N-dealkylation sites (N-methyl/N-ethyl adjacent to an activating group) is 1. The summed E-state index contributed by atoms with van der Waals surface area (Å²) in [6.45, 7) is 3.93. The summed E-state index contributed by atoms with van der Waals surface area (Å²) in [5.41, 5.74) is 1.44. The summed E-state index contributed by atoms with van der Waals surface area (Å²) in [6.07, 6.45) is -0.583. The summed E-state index contributed by atoms with van der Waals surface area (Å²) in [5, 5.41) is 2.51. The summed E-state index contributed by atoms with van der Waals surface area (Å²) in [7, 11) is 3.43. The van der Waals surface area contributed by atoms with Gasteiger partial charge in [-0.05, 0) is 25.2 Å². The molecule has 1 fully saturated rings. The normalized spacial score (nSPS) is 14.9. The van der Waals surface area contributed by atoms with Crippen LogP contribution in [-0.4, -0.2) is 66.3 Å². The summed E-state index contributed by atoms with van der Waals surface area (Å²) in [4.78, 5) is 27.8. The Morgan fingerprint density at radius 2 is 1.96 bits per heavy atom. The molecule has 1 amide bonds. The zero-order valence-electron chi connectivity index (χ0n) is 15.8. The van der Waals surface area contributed by atoms with Gasteiger partial charge in [-0.1, -0.05) is 6.07 Å². The predicted molar refractivity (Wildman–Crippen MR) is 106 cm³/mol. The molecule has 2 N–H and O–H groups in total. The molecule has 28 heavy (non-hydrogen) atoms. The fraction of sp³-hybridized carbons (Fsp3) is 0.316. The highest BCUT2D eigenvalue weighted by molar-refractivity contribution is 5.86. The van der Waals surface area contributed by atoms with Crippen LogP contribution in [0.4, 0.5) is 16.6 Å². The highest BCUT2D eigenvalue weighted by Gasteiger charge is 2.16. The molecular weight excluding hydrogens is 360 g/mol. The van der Waals surface area contributed by atoms with Gasteiger partial charge < -0.3 is 24.3 Å². The van der Waals surface area contributed by atoms with Gasteiger partial charge in [-0.2, -0.15) is 4.98 Å². The van der Waals surface area contributed by atoms with E-state index in [9.17, 15) is 4.79 Å². The van der Waals surface area contributed by atoms with Gasteiger partial charge in [0.15, 0.2) is 0 Å². The van der Waals surface area contributed by atoms with Crippen molar-refractivity contribution >= 4 is 28.9 Å². The number of hydrogen-bond acceptors (Lipinski definition) is 7. The SMILES string of the molecule is COC(=O)Nc1nc2cc(Oc3cccc(N4CCN(C)CC4)n3)ccc2[nH]1. The van der Waals surface area contributed by atoms with E-state index < -0.39 is 6.09 Å². The third-order valence-electron chi connectivity index (χ3n) is 4.62. The van der Waals surface area contributed by atoms with Crippen molar-refractivity contribution in [2.24, 2.45) is 0 Å². The molecule has 9 nitrogen and oxygen atoms in total. The molecule has 1 aliphatic rings. The average molecular weight is 382 g/mol. The van der Waals surface area contributed by atoms with Gasteiger partial charge in [0.2, 0.25) is 11.8 Å². The van der Waals surface area contributed by atoms with E-state index in [1.807, 2.05) is 30.3 Å². The Hall–Kier alpha value is -3.33. The number of anilines is 2. The first-order valence-corrected chi connectivity index (χ1v) is 9.04. The molecule has 9 heteroatoms. The number of imidazole rings is 1. The van der Waals surface area contributed by atoms with Crippen LogP contribution in [0.2, 0.25) is 0 Å². The molecule has 0 aliphatic carbocycles. The average Bonchev–Trinajstić information content (AvgIpc) is 3.10. The van der Waals surface area contributed by atoms with E-state index in [-0.39, 0.29) is 0 Å². The Balaban J connectivity index is 1.50. The molecule has 0 radical (unpaired) electrons.